The van der Waals surface area contributed by atoms with Crippen LogP contribution in [0.4, 0.5) is 10.5 Å². The van der Waals surface area contributed by atoms with E-state index < -0.39 is 18.3 Å². The first-order valence-corrected chi connectivity index (χ1v) is 13.4. The summed E-state index contributed by atoms with van der Waals surface area (Å²) in [7, 11) is 0. The number of nitrogens with one attached hydrogen (secondary N) is 2. The van der Waals surface area contributed by atoms with E-state index in [0.29, 0.717) is 17.9 Å². The molecule has 9 nitrogen and oxygen atoms in total. The zero-order chi connectivity index (χ0) is 26.7. The third-order valence-corrected chi connectivity index (χ3v) is 6.86. The number of rotatable bonds is 10. The van der Waals surface area contributed by atoms with Crippen molar-refractivity contribution in [2.45, 2.75) is 43.5 Å². The Morgan fingerprint density at radius 2 is 1.92 bits per heavy atom. The SMILES string of the molecule is CCOC(=O)CNC(=O)Nc1cccc(C2OC(CSc3ccccn3)CC(c3ccc(CO)cc3)O2)c1. The number of hydrogen-bond donors (Lipinski definition) is 3. The maximum atomic E-state index is 12.3. The lowest BCUT2D eigenvalue weighted by Gasteiger charge is -2.36. The standard InChI is InChI=1S/C28H31N3O6S/c1-2-35-26(33)16-30-28(34)31-22-7-5-6-21(14-22)27-36-23(18-38-25-8-3-4-13-29-25)15-24(37-27)20-11-9-19(17-32)10-12-20/h3-14,23-24,27,32H,2,15-18H2,1H3,(H2,30,31,34). The molecule has 2 aromatic carbocycles. The Bertz CT molecular complexity index is 1190. The van der Waals surface area contributed by atoms with Crippen LogP contribution in [0.3, 0.4) is 0 Å². The summed E-state index contributed by atoms with van der Waals surface area (Å²) >= 11 is 1.62. The van der Waals surface area contributed by atoms with Crippen molar-refractivity contribution < 1.29 is 28.9 Å². The van der Waals surface area contributed by atoms with Gasteiger partial charge in [-0.2, -0.15) is 0 Å². The molecule has 1 aliphatic heterocycles. The number of hydrogen-bond acceptors (Lipinski definition) is 8. The van der Waals surface area contributed by atoms with Gasteiger partial charge in [0, 0.05) is 29.6 Å². The molecule has 3 N–H and O–H groups in total. The van der Waals surface area contributed by atoms with E-state index in [1.165, 1.54) is 0 Å². The maximum absolute atomic E-state index is 12.3. The number of aliphatic hydroxyl groups excluding tert-OH is 1. The van der Waals surface area contributed by atoms with Crippen molar-refractivity contribution in [3.05, 3.63) is 89.6 Å². The quantitative estimate of drug-likeness (QED) is 0.254. The Hall–Kier alpha value is -3.44. The maximum Gasteiger partial charge on any atom is 0.325 e. The number of thioether (sulfide) groups is 1. The van der Waals surface area contributed by atoms with Crippen LogP contribution in [-0.4, -0.2) is 47.1 Å². The summed E-state index contributed by atoms with van der Waals surface area (Å²) in [6.45, 7) is 1.71. The molecule has 3 unspecified atom stereocenters. The fourth-order valence-corrected chi connectivity index (χ4v) is 4.82. The van der Waals surface area contributed by atoms with Gasteiger partial charge < -0.3 is 30.0 Å². The van der Waals surface area contributed by atoms with Crippen molar-refractivity contribution >= 4 is 29.4 Å². The number of esters is 1. The minimum Gasteiger partial charge on any atom is -0.465 e. The molecule has 1 aliphatic rings. The summed E-state index contributed by atoms with van der Waals surface area (Å²) in [5.41, 5.74) is 3.11. The zero-order valence-electron chi connectivity index (χ0n) is 21.0. The minimum atomic E-state index is -0.662. The van der Waals surface area contributed by atoms with Gasteiger partial charge in [0.2, 0.25) is 0 Å². The van der Waals surface area contributed by atoms with E-state index in [1.807, 2.05) is 48.5 Å². The predicted molar refractivity (Wildman–Crippen MR) is 143 cm³/mol. The fourth-order valence-electron chi connectivity index (χ4n) is 3.94. The number of carbonyl (C=O) groups excluding carboxylic acids is 2. The second kappa shape index (κ2) is 13.9. The normalized spacial score (nSPS) is 18.9. The molecule has 38 heavy (non-hydrogen) atoms. The smallest absolute Gasteiger partial charge is 0.325 e. The van der Waals surface area contributed by atoms with Crippen LogP contribution in [0.1, 0.15) is 42.4 Å². The number of carbonyl (C=O) groups is 2. The largest absolute Gasteiger partial charge is 0.465 e. The van der Waals surface area contributed by atoms with Gasteiger partial charge in [-0.25, -0.2) is 9.78 Å². The van der Waals surface area contributed by atoms with Crippen molar-refractivity contribution in [1.82, 2.24) is 10.3 Å². The van der Waals surface area contributed by atoms with Gasteiger partial charge in [0.15, 0.2) is 6.29 Å². The average Bonchev–Trinajstić information content (AvgIpc) is 2.96. The first kappa shape index (κ1) is 27.6. The van der Waals surface area contributed by atoms with Crippen molar-refractivity contribution in [2.75, 3.05) is 24.2 Å². The lowest BCUT2D eigenvalue weighted by atomic mass is 10.0. The number of aromatic nitrogens is 1. The van der Waals surface area contributed by atoms with Crippen LogP contribution in [0.2, 0.25) is 0 Å². The van der Waals surface area contributed by atoms with E-state index >= 15 is 0 Å². The zero-order valence-corrected chi connectivity index (χ0v) is 21.9. The highest BCUT2D eigenvalue weighted by molar-refractivity contribution is 7.99. The lowest BCUT2D eigenvalue weighted by molar-refractivity contribution is -0.245. The molecule has 0 bridgehead atoms. The number of aliphatic hydroxyl groups is 1. The van der Waals surface area contributed by atoms with Crippen LogP contribution < -0.4 is 10.6 Å². The summed E-state index contributed by atoms with van der Waals surface area (Å²) in [5.74, 6) is 0.184. The van der Waals surface area contributed by atoms with Gasteiger partial charge in [0.1, 0.15) is 6.54 Å². The summed E-state index contributed by atoms with van der Waals surface area (Å²) in [6.07, 6.45) is 1.42. The van der Waals surface area contributed by atoms with Gasteiger partial charge in [-0.1, -0.05) is 42.5 Å². The Kier molecular flexibility index (Phi) is 10.1. The molecule has 2 heterocycles. The van der Waals surface area contributed by atoms with Gasteiger partial charge in [-0.05, 0) is 42.3 Å². The summed E-state index contributed by atoms with van der Waals surface area (Å²) < 4.78 is 17.6. The Morgan fingerprint density at radius 3 is 2.66 bits per heavy atom. The van der Waals surface area contributed by atoms with Crippen molar-refractivity contribution in [2.24, 2.45) is 0 Å². The van der Waals surface area contributed by atoms with Gasteiger partial charge in [-0.3, -0.25) is 4.79 Å². The Morgan fingerprint density at radius 1 is 1.08 bits per heavy atom. The van der Waals surface area contributed by atoms with E-state index in [1.54, 1.807) is 43.1 Å². The van der Waals surface area contributed by atoms with Crippen LogP contribution in [-0.2, 0) is 25.6 Å². The molecule has 4 rings (SSSR count). The second-order valence-electron chi connectivity index (χ2n) is 8.57. The van der Waals surface area contributed by atoms with Crippen LogP contribution in [0.25, 0.3) is 0 Å². The molecule has 200 valence electrons. The highest BCUT2D eigenvalue weighted by Crippen LogP contribution is 2.39. The monoisotopic (exact) mass is 537 g/mol. The summed E-state index contributed by atoms with van der Waals surface area (Å²) in [4.78, 5) is 28.1. The van der Waals surface area contributed by atoms with E-state index in [-0.39, 0.29) is 32.0 Å². The molecule has 1 saturated heterocycles. The van der Waals surface area contributed by atoms with Crippen molar-refractivity contribution in [3.63, 3.8) is 0 Å². The van der Waals surface area contributed by atoms with Gasteiger partial charge in [0.25, 0.3) is 0 Å². The lowest BCUT2D eigenvalue weighted by Crippen LogP contribution is -2.34. The Labute approximate surface area is 225 Å². The van der Waals surface area contributed by atoms with E-state index in [2.05, 4.69) is 15.6 Å². The number of amides is 2. The van der Waals surface area contributed by atoms with Crippen LogP contribution >= 0.6 is 11.8 Å². The van der Waals surface area contributed by atoms with Crippen LogP contribution in [0, 0.1) is 0 Å². The third-order valence-electron chi connectivity index (χ3n) is 5.79. The van der Waals surface area contributed by atoms with Gasteiger partial charge in [-0.15, -0.1) is 11.8 Å². The van der Waals surface area contributed by atoms with Crippen molar-refractivity contribution in [3.8, 4) is 0 Å². The van der Waals surface area contributed by atoms with Gasteiger partial charge in [0.05, 0.1) is 30.4 Å². The van der Waals surface area contributed by atoms with E-state index in [4.69, 9.17) is 14.2 Å². The number of anilines is 1. The molecule has 0 aliphatic carbocycles. The third kappa shape index (κ3) is 8.03. The van der Waals surface area contributed by atoms with Crippen molar-refractivity contribution in [1.29, 1.82) is 0 Å². The Balaban J connectivity index is 1.47. The highest BCUT2D eigenvalue weighted by Gasteiger charge is 2.32. The fraction of sp³-hybridized carbons (Fsp3) is 0.321. The summed E-state index contributed by atoms with van der Waals surface area (Å²) in [5, 5.41) is 15.5. The van der Waals surface area contributed by atoms with Crippen LogP contribution in [0.15, 0.2) is 78.0 Å². The first-order valence-electron chi connectivity index (χ1n) is 12.4. The molecular weight excluding hydrogens is 506 g/mol. The number of pyridine rings is 1. The second-order valence-corrected chi connectivity index (χ2v) is 9.61. The predicted octanol–water partition coefficient (Wildman–Crippen LogP) is 4.60. The average molecular weight is 538 g/mol. The number of benzene rings is 2. The number of nitrogens with zero attached hydrogens (tertiary/aromatic N) is 1. The molecule has 2 amide bonds. The number of urea groups is 1. The van der Waals surface area contributed by atoms with E-state index in [9.17, 15) is 14.7 Å². The van der Waals surface area contributed by atoms with E-state index in [0.717, 1.165) is 21.7 Å². The topological polar surface area (TPSA) is 119 Å². The van der Waals surface area contributed by atoms with Crippen LogP contribution in [0.5, 0.6) is 0 Å². The molecule has 3 aromatic rings. The van der Waals surface area contributed by atoms with Gasteiger partial charge >= 0.3 is 12.0 Å². The molecule has 3 atom stereocenters. The molecule has 1 fully saturated rings. The highest BCUT2D eigenvalue weighted by atomic mass is 32.2. The first-order chi connectivity index (χ1) is 18.5. The summed E-state index contributed by atoms with van der Waals surface area (Å²) in [6, 6.07) is 20.2. The molecule has 0 radical (unpaired) electrons. The molecule has 0 saturated carbocycles. The molecule has 10 heteroatoms. The molecule has 1 aromatic heterocycles. The minimum absolute atomic E-state index is 0.0198. The molecular formula is C28H31N3O6S. The molecule has 0 spiro atoms. The number of ether oxygens (including phenoxy) is 3.